The highest BCUT2D eigenvalue weighted by Gasteiger charge is 2.48. The van der Waals surface area contributed by atoms with Gasteiger partial charge in [0.1, 0.15) is 0 Å². The van der Waals surface area contributed by atoms with Crippen LogP contribution in [0.15, 0.2) is 144 Å². The van der Waals surface area contributed by atoms with Gasteiger partial charge >= 0.3 is 0 Å². The molecular formula is C46H40N2. The van der Waals surface area contributed by atoms with E-state index in [9.17, 15) is 0 Å². The maximum Gasteiger partial charge on any atom is 0.0613 e. The van der Waals surface area contributed by atoms with Crippen molar-refractivity contribution in [3.8, 4) is 16.8 Å². The van der Waals surface area contributed by atoms with Crippen LogP contribution in [0.25, 0.3) is 49.3 Å². The van der Waals surface area contributed by atoms with Gasteiger partial charge in [-0.2, -0.15) is 0 Å². The Bertz CT molecular complexity index is 2490. The number of nitrogens with one attached hydrogen (secondary N) is 1. The van der Waals surface area contributed by atoms with Gasteiger partial charge in [0.15, 0.2) is 0 Å². The van der Waals surface area contributed by atoms with Crippen molar-refractivity contribution < 1.29 is 0 Å². The summed E-state index contributed by atoms with van der Waals surface area (Å²) in [5.74, 6) is 1.18. The lowest BCUT2D eigenvalue weighted by atomic mass is 9.75. The molecule has 0 aliphatic heterocycles. The lowest BCUT2D eigenvalue weighted by Crippen LogP contribution is -2.21. The number of benzene rings is 5. The molecule has 234 valence electrons. The van der Waals surface area contributed by atoms with E-state index in [2.05, 4.69) is 165 Å². The second-order valence-corrected chi connectivity index (χ2v) is 15.4. The average molecular weight is 621 g/mol. The number of aromatic nitrogens is 1. The maximum absolute atomic E-state index is 3.84. The summed E-state index contributed by atoms with van der Waals surface area (Å²) in [5, 5.41) is 10.4. The Hall–Kier alpha value is -5.08. The number of hydrogen-bond acceptors (Lipinski definition) is 1. The zero-order chi connectivity index (χ0) is 32.4. The fourth-order valence-electron chi connectivity index (χ4n) is 9.79. The molecule has 0 amide bonds. The Morgan fingerprint density at radius 3 is 2.15 bits per heavy atom. The number of hydrogen-bond donors (Lipinski definition) is 1. The molecule has 0 spiro atoms. The highest BCUT2D eigenvalue weighted by Crippen LogP contribution is 2.58. The van der Waals surface area contributed by atoms with Gasteiger partial charge in [0.2, 0.25) is 0 Å². The second kappa shape index (κ2) is 9.73. The topological polar surface area (TPSA) is 17.0 Å². The monoisotopic (exact) mass is 620 g/mol. The molecule has 5 aromatic carbocycles. The lowest BCUT2D eigenvalue weighted by molar-refractivity contribution is 0.342. The van der Waals surface area contributed by atoms with Crippen LogP contribution in [-0.2, 0) is 5.41 Å². The first-order valence-corrected chi connectivity index (χ1v) is 17.6. The van der Waals surface area contributed by atoms with Gasteiger partial charge in [0.05, 0.1) is 5.52 Å². The van der Waals surface area contributed by atoms with Gasteiger partial charge in [-0.05, 0) is 99.0 Å². The maximum atomic E-state index is 3.84. The Kier molecular flexibility index (Phi) is 5.67. The standard InChI is InChI=1S/C46H40N2/c1-45(2)40-16-10-9-14-34(40)35-20-17-28(25-41(35)45)47-29-18-21-36-37-22-19-30(27-43(37)46(3,4)42(36)26-29)48-24-23-39-33-13-6-5-11-31(33)32-12-7-8-15-38(32)44(39)48/h5-15,17-19,21-27,35,40,47H,16,20H2,1-4H3. The van der Waals surface area contributed by atoms with Gasteiger partial charge in [-0.1, -0.05) is 124 Å². The molecule has 0 radical (unpaired) electrons. The molecule has 1 heterocycles. The highest BCUT2D eigenvalue weighted by molar-refractivity contribution is 6.24. The molecule has 1 N–H and O–H groups in total. The average Bonchev–Trinajstić information content (AvgIpc) is 3.72. The third-order valence-electron chi connectivity index (χ3n) is 12.3. The Balaban J connectivity index is 1.01. The van der Waals surface area contributed by atoms with E-state index in [0.29, 0.717) is 11.8 Å². The van der Waals surface area contributed by atoms with Crippen LogP contribution >= 0.6 is 0 Å². The predicted octanol–water partition coefficient (Wildman–Crippen LogP) is 12.0. The van der Waals surface area contributed by atoms with Gasteiger partial charge in [0, 0.05) is 45.4 Å². The second-order valence-electron chi connectivity index (χ2n) is 15.4. The third-order valence-corrected chi connectivity index (χ3v) is 12.3. The first-order chi connectivity index (χ1) is 23.3. The van der Waals surface area contributed by atoms with E-state index in [-0.39, 0.29) is 10.8 Å². The molecule has 1 aromatic heterocycles. The largest absolute Gasteiger partial charge is 0.356 e. The molecule has 2 unspecified atom stereocenters. The molecule has 2 heteroatoms. The molecule has 2 atom stereocenters. The van der Waals surface area contributed by atoms with Crippen LogP contribution < -0.4 is 5.32 Å². The summed E-state index contributed by atoms with van der Waals surface area (Å²) in [6.45, 7) is 9.67. The van der Waals surface area contributed by atoms with Crippen molar-refractivity contribution in [1.82, 2.24) is 4.57 Å². The van der Waals surface area contributed by atoms with E-state index in [1.165, 1.54) is 71.8 Å². The Morgan fingerprint density at radius 1 is 0.708 bits per heavy atom. The van der Waals surface area contributed by atoms with Crippen LogP contribution in [0.3, 0.4) is 0 Å². The van der Waals surface area contributed by atoms with E-state index in [4.69, 9.17) is 0 Å². The van der Waals surface area contributed by atoms with Crippen molar-refractivity contribution in [2.75, 3.05) is 5.32 Å². The Labute approximate surface area is 282 Å². The summed E-state index contributed by atoms with van der Waals surface area (Å²) in [6.07, 6.45) is 16.4. The van der Waals surface area contributed by atoms with E-state index < -0.39 is 0 Å². The van der Waals surface area contributed by atoms with Crippen LogP contribution in [0.1, 0.15) is 51.7 Å². The molecule has 0 bridgehead atoms. The van der Waals surface area contributed by atoms with Crippen molar-refractivity contribution in [3.05, 3.63) is 156 Å². The molecule has 1 saturated carbocycles. The molecule has 4 aliphatic rings. The molecular weight excluding hydrogens is 581 g/mol. The summed E-state index contributed by atoms with van der Waals surface area (Å²) < 4.78 is 2.40. The quantitative estimate of drug-likeness (QED) is 0.195. The van der Waals surface area contributed by atoms with Crippen molar-refractivity contribution in [3.63, 3.8) is 0 Å². The van der Waals surface area contributed by atoms with Crippen LogP contribution in [-0.4, -0.2) is 4.57 Å². The first-order valence-electron chi connectivity index (χ1n) is 17.6. The summed E-state index contributed by atoms with van der Waals surface area (Å²) >= 11 is 0. The summed E-state index contributed by atoms with van der Waals surface area (Å²) in [7, 11) is 0. The van der Waals surface area contributed by atoms with E-state index in [1.807, 2.05) is 0 Å². The van der Waals surface area contributed by atoms with E-state index in [1.54, 1.807) is 11.1 Å². The van der Waals surface area contributed by atoms with Crippen LogP contribution in [0.4, 0.5) is 5.69 Å². The van der Waals surface area contributed by atoms with Gasteiger partial charge in [-0.3, -0.25) is 0 Å². The molecule has 4 aliphatic carbocycles. The smallest absolute Gasteiger partial charge is 0.0613 e. The van der Waals surface area contributed by atoms with Crippen LogP contribution in [0.5, 0.6) is 0 Å². The summed E-state index contributed by atoms with van der Waals surface area (Å²) in [5.41, 5.74) is 13.6. The zero-order valence-electron chi connectivity index (χ0n) is 28.1. The summed E-state index contributed by atoms with van der Waals surface area (Å²) in [6, 6.07) is 34.0. The fraction of sp³-hybridized carbons (Fsp3) is 0.217. The van der Waals surface area contributed by atoms with Gasteiger partial charge in [0.25, 0.3) is 0 Å². The van der Waals surface area contributed by atoms with Gasteiger partial charge in [-0.15, -0.1) is 0 Å². The van der Waals surface area contributed by atoms with Crippen molar-refractivity contribution in [2.45, 2.75) is 46.0 Å². The SMILES string of the molecule is CC1(C)c2cc(NC3=CCC4C5=CC=CCC5C(C)(C)C4=C3)ccc2-c2ccc(-n3ccc4c5ccccc5c5ccccc5c43)cc21. The van der Waals surface area contributed by atoms with Crippen LogP contribution in [0, 0.1) is 17.3 Å². The normalized spacial score (nSPS) is 21.4. The third kappa shape index (κ3) is 3.75. The zero-order valence-corrected chi connectivity index (χ0v) is 28.1. The fourth-order valence-corrected chi connectivity index (χ4v) is 9.79. The highest BCUT2D eigenvalue weighted by atomic mass is 15.0. The minimum atomic E-state index is -0.122. The molecule has 6 aromatic rings. The number of nitrogens with zero attached hydrogens (tertiary/aromatic N) is 1. The lowest BCUT2D eigenvalue weighted by Gasteiger charge is -2.30. The van der Waals surface area contributed by atoms with Crippen molar-refractivity contribution in [2.24, 2.45) is 17.3 Å². The van der Waals surface area contributed by atoms with Crippen molar-refractivity contribution >= 4 is 38.1 Å². The number of fused-ring (bicyclic) bond motifs is 12. The minimum Gasteiger partial charge on any atom is -0.356 e. The first kappa shape index (κ1) is 28.0. The molecule has 0 saturated heterocycles. The minimum absolute atomic E-state index is 0.122. The molecule has 48 heavy (non-hydrogen) atoms. The van der Waals surface area contributed by atoms with Crippen LogP contribution in [0.2, 0.25) is 0 Å². The number of allylic oxidation sites excluding steroid dienone is 7. The molecule has 2 nitrogen and oxygen atoms in total. The van der Waals surface area contributed by atoms with Gasteiger partial charge < -0.3 is 9.88 Å². The van der Waals surface area contributed by atoms with E-state index >= 15 is 0 Å². The summed E-state index contributed by atoms with van der Waals surface area (Å²) in [4.78, 5) is 0. The van der Waals surface area contributed by atoms with Gasteiger partial charge in [-0.25, -0.2) is 0 Å². The number of anilines is 1. The predicted molar refractivity (Wildman–Crippen MR) is 203 cm³/mol. The molecule has 1 fully saturated rings. The van der Waals surface area contributed by atoms with Crippen molar-refractivity contribution in [1.29, 1.82) is 0 Å². The van der Waals surface area contributed by atoms with E-state index in [0.717, 1.165) is 12.8 Å². The Morgan fingerprint density at radius 2 is 1.38 bits per heavy atom. The molecule has 10 rings (SSSR count). The number of rotatable bonds is 3.